The third-order valence-electron chi connectivity index (χ3n) is 2.85. The molecule has 1 rings (SSSR count). The highest BCUT2D eigenvalue weighted by atomic mass is 32.2. The van der Waals surface area contributed by atoms with Crippen LogP contribution >= 0.6 is 0 Å². The third-order valence-corrected chi connectivity index (χ3v) is 4.35. The van der Waals surface area contributed by atoms with Crippen LogP contribution < -0.4 is 4.72 Å². The van der Waals surface area contributed by atoms with E-state index in [4.69, 9.17) is 0 Å². The second-order valence-corrected chi connectivity index (χ2v) is 6.09. The Morgan fingerprint density at radius 3 is 2.70 bits per heavy atom. The van der Waals surface area contributed by atoms with Gasteiger partial charge >= 0.3 is 16.2 Å². The molecule has 0 heterocycles. The molecule has 0 amide bonds. The van der Waals surface area contributed by atoms with Crippen molar-refractivity contribution in [3.63, 3.8) is 0 Å². The molecule has 7 heteroatoms. The number of methoxy groups -OCH3 is 1. The number of anilines is 1. The Morgan fingerprint density at radius 1 is 1.40 bits per heavy atom. The van der Waals surface area contributed by atoms with Crippen LogP contribution in [0.4, 0.5) is 5.69 Å². The van der Waals surface area contributed by atoms with Crippen molar-refractivity contribution in [1.29, 1.82) is 0 Å². The van der Waals surface area contributed by atoms with Crippen LogP contribution in [0, 0.1) is 0 Å². The summed E-state index contributed by atoms with van der Waals surface area (Å²) in [6.07, 6.45) is 0.844. The summed E-state index contributed by atoms with van der Waals surface area (Å²) in [5.41, 5.74) is 1.55. The number of hydrogen-bond donors (Lipinski definition) is 1. The van der Waals surface area contributed by atoms with Crippen molar-refractivity contribution in [2.75, 3.05) is 25.4 Å². The predicted octanol–water partition coefficient (Wildman–Crippen LogP) is 1.40. The van der Waals surface area contributed by atoms with Crippen LogP contribution in [-0.4, -0.2) is 39.4 Å². The minimum Gasteiger partial charge on any atom is -0.469 e. The Kier molecular flexibility index (Phi) is 5.97. The molecule has 0 fully saturated rings. The van der Waals surface area contributed by atoms with Gasteiger partial charge in [0.2, 0.25) is 0 Å². The van der Waals surface area contributed by atoms with E-state index in [1.165, 1.54) is 14.2 Å². The molecule has 20 heavy (non-hydrogen) atoms. The molecule has 0 aliphatic rings. The van der Waals surface area contributed by atoms with E-state index in [0.29, 0.717) is 5.69 Å². The van der Waals surface area contributed by atoms with Crippen LogP contribution in [0.3, 0.4) is 0 Å². The van der Waals surface area contributed by atoms with Gasteiger partial charge in [0, 0.05) is 13.6 Å². The highest BCUT2D eigenvalue weighted by molar-refractivity contribution is 7.90. The summed E-state index contributed by atoms with van der Waals surface area (Å²) in [4.78, 5) is 11.0. The molecule has 6 nitrogen and oxygen atoms in total. The first-order chi connectivity index (χ1) is 9.39. The van der Waals surface area contributed by atoms with Crippen LogP contribution in [0.2, 0.25) is 0 Å². The molecule has 0 spiro atoms. The highest BCUT2D eigenvalue weighted by Gasteiger charge is 2.18. The van der Waals surface area contributed by atoms with E-state index in [2.05, 4.69) is 9.46 Å². The van der Waals surface area contributed by atoms with Crippen LogP contribution in [0.15, 0.2) is 24.3 Å². The third kappa shape index (κ3) is 4.82. The zero-order valence-electron chi connectivity index (χ0n) is 11.9. The lowest BCUT2D eigenvalue weighted by Crippen LogP contribution is -2.34. The van der Waals surface area contributed by atoms with Crippen molar-refractivity contribution in [3.05, 3.63) is 29.8 Å². The molecule has 1 aromatic rings. The van der Waals surface area contributed by atoms with Gasteiger partial charge in [0.15, 0.2) is 0 Å². The first-order valence-electron chi connectivity index (χ1n) is 6.29. The van der Waals surface area contributed by atoms with E-state index in [1.807, 2.05) is 13.0 Å². The van der Waals surface area contributed by atoms with Crippen molar-refractivity contribution in [3.8, 4) is 0 Å². The summed E-state index contributed by atoms with van der Waals surface area (Å²) in [5, 5.41) is 0. The van der Waals surface area contributed by atoms with Crippen molar-refractivity contribution in [1.82, 2.24) is 4.31 Å². The van der Waals surface area contributed by atoms with Gasteiger partial charge in [-0.15, -0.1) is 0 Å². The molecule has 0 aliphatic carbocycles. The number of ether oxygens (including phenoxy) is 1. The Balaban J connectivity index is 2.70. The van der Waals surface area contributed by atoms with Gasteiger partial charge in [-0.3, -0.25) is 9.52 Å². The molecule has 1 aromatic carbocycles. The van der Waals surface area contributed by atoms with Gasteiger partial charge in [-0.2, -0.15) is 12.7 Å². The number of aryl methyl sites for hydroxylation is 1. The van der Waals surface area contributed by atoms with E-state index in [1.54, 1.807) is 18.2 Å². The van der Waals surface area contributed by atoms with Gasteiger partial charge in [-0.05, 0) is 24.1 Å². The van der Waals surface area contributed by atoms with Crippen molar-refractivity contribution >= 4 is 21.9 Å². The van der Waals surface area contributed by atoms with E-state index in [-0.39, 0.29) is 13.0 Å². The largest absolute Gasteiger partial charge is 0.469 e. The van der Waals surface area contributed by atoms with Crippen LogP contribution in [0.5, 0.6) is 0 Å². The lowest BCUT2D eigenvalue weighted by Gasteiger charge is -2.18. The van der Waals surface area contributed by atoms with E-state index in [9.17, 15) is 13.2 Å². The highest BCUT2D eigenvalue weighted by Crippen LogP contribution is 2.14. The monoisotopic (exact) mass is 300 g/mol. The van der Waals surface area contributed by atoms with E-state index >= 15 is 0 Å². The quantitative estimate of drug-likeness (QED) is 0.772. The molecule has 0 saturated carbocycles. The molecule has 0 saturated heterocycles. The number of benzene rings is 1. The summed E-state index contributed by atoms with van der Waals surface area (Å²) >= 11 is 0. The SMILES string of the molecule is CCc1cccc(NS(=O)(=O)N(C)CCC(=O)OC)c1. The van der Waals surface area contributed by atoms with Gasteiger partial charge in [0.1, 0.15) is 0 Å². The molecule has 112 valence electrons. The Bertz CT molecular complexity index is 557. The van der Waals surface area contributed by atoms with Crippen LogP contribution in [0.25, 0.3) is 0 Å². The molecule has 0 radical (unpaired) electrons. The number of nitrogens with one attached hydrogen (secondary N) is 1. The molecule has 0 bridgehead atoms. The summed E-state index contributed by atoms with van der Waals surface area (Å²) in [7, 11) is -0.986. The summed E-state index contributed by atoms with van der Waals surface area (Å²) in [6.45, 7) is 2.06. The Hall–Kier alpha value is -1.60. The Labute approximate surface area is 119 Å². The average molecular weight is 300 g/mol. The first-order valence-corrected chi connectivity index (χ1v) is 7.73. The number of rotatable bonds is 7. The summed E-state index contributed by atoms with van der Waals surface area (Å²) < 4.78 is 32.2. The maximum absolute atomic E-state index is 12.1. The second-order valence-electron chi connectivity index (χ2n) is 4.31. The van der Waals surface area contributed by atoms with Gasteiger partial charge in [0.25, 0.3) is 0 Å². The van der Waals surface area contributed by atoms with E-state index < -0.39 is 16.2 Å². The number of carbonyl (C=O) groups is 1. The average Bonchev–Trinajstić information content (AvgIpc) is 2.43. The smallest absolute Gasteiger partial charge is 0.306 e. The van der Waals surface area contributed by atoms with Crippen molar-refractivity contribution in [2.45, 2.75) is 19.8 Å². The maximum Gasteiger partial charge on any atom is 0.306 e. The maximum atomic E-state index is 12.1. The fraction of sp³-hybridized carbons (Fsp3) is 0.462. The number of hydrogen-bond acceptors (Lipinski definition) is 4. The van der Waals surface area contributed by atoms with Crippen molar-refractivity contribution < 1.29 is 17.9 Å². The van der Waals surface area contributed by atoms with Crippen LogP contribution in [0.1, 0.15) is 18.9 Å². The van der Waals surface area contributed by atoms with Gasteiger partial charge in [-0.1, -0.05) is 19.1 Å². The molecule has 0 unspecified atom stereocenters. The lowest BCUT2D eigenvalue weighted by molar-refractivity contribution is -0.140. The minimum atomic E-state index is -3.67. The van der Waals surface area contributed by atoms with Crippen LogP contribution in [-0.2, 0) is 26.2 Å². The minimum absolute atomic E-state index is 0.0168. The lowest BCUT2D eigenvalue weighted by atomic mass is 10.1. The normalized spacial score (nSPS) is 11.4. The summed E-state index contributed by atoms with van der Waals surface area (Å²) in [5.74, 6) is -0.444. The molecule has 1 N–H and O–H groups in total. The van der Waals surface area contributed by atoms with E-state index in [0.717, 1.165) is 16.3 Å². The van der Waals surface area contributed by atoms with Gasteiger partial charge in [0.05, 0.1) is 19.2 Å². The fourth-order valence-corrected chi connectivity index (χ4v) is 2.46. The topological polar surface area (TPSA) is 75.7 Å². The molecule has 0 aliphatic heterocycles. The molecule has 0 aromatic heterocycles. The summed E-state index contributed by atoms with van der Waals surface area (Å²) in [6, 6.07) is 7.19. The second kappa shape index (κ2) is 7.25. The first kappa shape index (κ1) is 16.5. The molecular formula is C13H20N2O4S. The Morgan fingerprint density at radius 2 is 2.10 bits per heavy atom. The van der Waals surface area contributed by atoms with Crippen molar-refractivity contribution in [2.24, 2.45) is 0 Å². The zero-order valence-corrected chi connectivity index (χ0v) is 12.7. The molecule has 0 atom stereocenters. The zero-order chi connectivity index (χ0) is 15.2. The predicted molar refractivity (Wildman–Crippen MR) is 77.6 cm³/mol. The number of esters is 1. The fourth-order valence-electron chi connectivity index (χ4n) is 1.55. The standard InChI is InChI=1S/C13H20N2O4S/c1-4-11-6-5-7-12(10-11)14-20(17,18)15(2)9-8-13(16)19-3/h5-7,10,14H,4,8-9H2,1-3H3. The number of carbonyl (C=O) groups excluding carboxylic acids is 1. The number of nitrogens with zero attached hydrogens (tertiary/aromatic N) is 1. The molecular weight excluding hydrogens is 280 g/mol. The van der Waals surface area contributed by atoms with Gasteiger partial charge < -0.3 is 4.74 Å². The van der Waals surface area contributed by atoms with Gasteiger partial charge in [-0.25, -0.2) is 0 Å².